The van der Waals surface area contributed by atoms with Gasteiger partial charge in [0, 0.05) is 6.42 Å². The molecule has 1 heterocycles. The number of aliphatic hydroxyl groups excluding tert-OH is 5. The number of unbranched alkanes of at least 4 members (excludes halogenated alkanes) is 25. The fraction of sp³-hybridized carbons (Fsp3) is 0.854. The van der Waals surface area contributed by atoms with Crippen molar-refractivity contribution in [1.29, 1.82) is 0 Å². The van der Waals surface area contributed by atoms with E-state index in [4.69, 9.17) is 9.47 Å². The van der Waals surface area contributed by atoms with Gasteiger partial charge in [0.2, 0.25) is 5.91 Å². The van der Waals surface area contributed by atoms with E-state index in [1.54, 1.807) is 6.08 Å². The molecule has 9 nitrogen and oxygen atoms in total. The molecule has 0 spiro atoms. The first-order valence-electron chi connectivity index (χ1n) is 23.7. The number of ether oxygens (including phenoxy) is 2. The van der Waals surface area contributed by atoms with Crippen molar-refractivity contribution in [3.8, 4) is 0 Å². The predicted molar refractivity (Wildman–Crippen MR) is 235 cm³/mol. The van der Waals surface area contributed by atoms with Crippen molar-refractivity contribution in [2.45, 2.75) is 249 Å². The number of carbonyl (C=O) groups is 1. The van der Waals surface area contributed by atoms with Crippen molar-refractivity contribution in [2.75, 3.05) is 13.2 Å². The standard InChI is InChI=1S/C48H89NO8/c1-3-5-7-9-11-13-15-17-19-21-23-25-27-29-31-33-35-37-42(51)41(40-56-48-47(55)46(54)45(53)43(39-50)57-48)49-44(52)38-36-34-32-30-28-26-24-22-20-18-16-14-12-10-8-6-4-2/h19,21,27,29,35,37,41-43,45-48,50-51,53-55H,3-18,20,22-26,28,30-34,36,38-40H2,1-2H3,(H,49,52)/b21-19+,29-27+,37-35+. The Morgan fingerprint density at radius 3 is 1.47 bits per heavy atom. The number of amides is 1. The van der Waals surface area contributed by atoms with E-state index in [0.717, 1.165) is 44.9 Å². The lowest BCUT2D eigenvalue weighted by Crippen LogP contribution is -2.60. The van der Waals surface area contributed by atoms with E-state index >= 15 is 0 Å². The zero-order valence-corrected chi connectivity index (χ0v) is 36.6. The van der Waals surface area contributed by atoms with Crippen LogP contribution in [0.5, 0.6) is 0 Å². The fourth-order valence-corrected chi connectivity index (χ4v) is 7.36. The Morgan fingerprint density at radius 2 is 1.00 bits per heavy atom. The Bertz CT molecular complexity index is 987. The van der Waals surface area contributed by atoms with Crippen LogP contribution >= 0.6 is 0 Å². The highest BCUT2D eigenvalue weighted by atomic mass is 16.7. The summed E-state index contributed by atoms with van der Waals surface area (Å²) >= 11 is 0. The van der Waals surface area contributed by atoms with E-state index in [1.807, 2.05) is 6.08 Å². The van der Waals surface area contributed by atoms with Gasteiger partial charge in [-0.3, -0.25) is 4.79 Å². The molecule has 1 aliphatic rings. The second kappa shape index (κ2) is 38.6. The summed E-state index contributed by atoms with van der Waals surface area (Å²) in [4.78, 5) is 13.0. The lowest BCUT2D eigenvalue weighted by Gasteiger charge is -2.40. The molecule has 0 aromatic heterocycles. The predicted octanol–water partition coefficient (Wildman–Crippen LogP) is 10.1. The summed E-state index contributed by atoms with van der Waals surface area (Å²) in [5.74, 6) is -0.190. The summed E-state index contributed by atoms with van der Waals surface area (Å²) in [5, 5.41) is 54.2. The molecule has 9 heteroatoms. The SMILES string of the molecule is CCCCCCCCC/C=C/CC/C=C/CC/C=C/C(O)C(COC1OC(CO)C(O)C(O)C1O)NC(=O)CCCCCCCCCCCCCCCCCCC. The van der Waals surface area contributed by atoms with Gasteiger partial charge in [-0.1, -0.05) is 192 Å². The molecule has 0 bridgehead atoms. The summed E-state index contributed by atoms with van der Waals surface area (Å²) in [5.41, 5.74) is 0. The molecule has 1 saturated heterocycles. The van der Waals surface area contributed by atoms with E-state index in [-0.39, 0.29) is 12.5 Å². The monoisotopic (exact) mass is 808 g/mol. The Labute approximate surface area is 349 Å². The molecule has 1 fully saturated rings. The third-order valence-corrected chi connectivity index (χ3v) is 11.2. The maximum atomic E-state index is 13.0. The number of nitrogens with one attached hydrogen (secondary N) is 1. The molecule has 0 saturated carbocycles. The fourth-order valence-electron chi connectivity index (χ4n) is 7.36. The van der Waals surface area contributed by atoms with Crippen LogP contribution in [0.1, 0.15) is 206 Å². The molecular weight excluding hydrogens is 719 g/mol. The number of carbonyl (C=O) groups excluding carboxylic acids is 1. The van der Waals surface area contributed by atoms with Gasteiger partial charge in [0.1, 0.15) is 24.4 Å². The van der Waals surface area contributed by atoms with Crippen LogP contribution in [0.3, 0.4) is 0 Å². The number of hydrogen-bond acceptors (Lipinski definition) is 8. The Kier molecular flexibility index (Phi) is 36.2. The van der Waals surface area contributed by atoms with Gasteiger partial charge in [-0.05, 0) is 44.9 Å². The zero-order valence-electron chi connectivity index (χ0n) is 36.6. The van der Waals surface area contributed by atoms with E-state index < -0.39 is 49.5 Å². The van der Waals surface area contributed by atoms with Crippen molar-refractivity contribution < 1.29 is 39.8 Å². The highest BCUT2D eigenvalue weighted by Crippen LogP contribution is 2.22. The summed E-state index contributed by atoms with van der Waals surface area (Å²) < 4.78 is 11.2. The molecular formula is C48H89NO8. The molecule has 334 valence electrons. The second-order valence-corrected chi connectivity index (χ2v) is 16.5. The van der Waals surface area contributed by atoms with Crippen LogP contribution in [0.25, 0.3) is 0 Å². The van der Waals surface area contributed by atoms with Crippen LogP contribution in [0.2, 0.25) is 0 Å². The Hall–Kier alpha value is -1.59. The Balaban J connectivity index is 2.38. The quantitative estimate of drug-likeness (QED) is 0.0266. The molecule has 1 amide bonds. The van der Waals surface area contributed by atoms with E-state index in [9.17, 15) is 30.3 Å². The molecule has 0 radical (unpaired) electrons. The summed E-state index contributed by atoms with van der Waals surface area (Å²) in [6.07, 6.45) is 40.4. The highest BCUT2D eigenvalue weighted by Gasteiger charge is 2.44. The summed E-state index contributed by atoms with van der Waals surface area (Å²) in [7, 11) is 0. The van der Waals surface area contributed by atoms with Gasteiger partial charge in [0.05, 0.1) is 25.4 Å². The van der Waals surface area contributed by atoms with Gasteiger partial charge in [-0.15, -0.1) is 0 Å². The lowest BCUT2D eigenvalue weighted by atomic mass is 9.99. The maximum Gasteiger partial charge on any atom is 0.220 e. The third-order valence-electron chi connectivity index (χ3n) is 11.2. The number of rotatable bonds is 39. The average molecular weight is 808 g/mol. The molecule has 7 unspecified atom stereocenters. The minimum Gasteiger partial charge on any atom is -0.394 e. The van der Waals surface area contributed by atoms with Crippen LogP contribution in [0.4, 0.5) is 0 Å². The van der Waals surface area contributed by atoms with Crippen molar-refractivity contribution in [2.24, 2.45) is 0 Å². The van der Waals surface area contributed by atoms with Crippen molar-refractivity contribution in [3.63, 3.8) is 0 Å². The van der Waals surface area contributed by atoms with E-state index in [1.165, 1.54) is 141 Å². The first-order valence-corrected chi connectivity index (χ1v) is 23.7. The smallest absolute Gasteiger partial charge is 0.220 e. The minimum absolute atomic E-state index is 0.190. The van der Waals surface area contributed by atoms with Crippen molar-refractivity contribution in [3.05, 3.63) is 36.5 Å². The minimum atomic E-state index is -1.57. The van der Waals surface area contributed by atoms with E-state index in [0.29, 0.717) is 6.42 Å². The molecule has 6 N–H and O–H groups in total. The van der Waals surface area contributed by atoms with Crippen LogP contribution in [0.15, 0.2) is 36.5 Å². The van der Waals surface area contributed by atoms with Crippen LogP contribution in [-0.4, -0.2) is 87.5 Å². The second-order valence-electron chi connectivity index (χ2n) is 16.5. The van der Waals surface area contributed by atoms with Gasteiger partial charge in [-0.2, -0.15) is 0 Å². The summed E-state index contributed by atoms with van der Waals surface area (Å²) in [6, 6.07) is -0.824. The Morgan fingerprint density at radius 1 is 0.579 bits per heavy atom. The molecule has 1 rings (SSSR count). The first kappa shape index (κ1) is 53.4. The van der Waals surface area contributed by atoms with Gasteiger partial charge < -0.3 is 40.3 Å². The van der Waals surface area contributed by atoms with Gasteiger partial charge in [0.25, 0.3) is 0 Å². The van der Waals surface area contributed by atoms with Gasteiger partial charge in [-0.25, -0.2) is 0 Å². The number of allylic oxidation sites excluding steroid dienone is 5. The van der Waals surface area contributed by atoms with Crippen LogP contribution < -0.4 is 5.32 Å². The molecule has 0 aliphatic carbocycles. The van der Waals surface area contributed by atoms with Crippen LogP contribution in [0, 0.1) is 0 Å². The highest BCUT2D eigenvalue weighted by molar-refractivity contribution is 5.76. The maximum absolute atomic E-state index is 13.0. The molecule has 1 aliphatic heterocycles. The largest absolute Gasteiger partial charge is 0.394 e. The lowest BCUT2D eigenvalue weighted by molar-refractivity contribution is -0.302. The molecule has 57 heavy (non-hydrogen) atoms. The molecule has 7 atom stereocenters. The molecule has 0 aromatic rings. The molecule has 0 aromatic carbocycles. The zero-order chi connectivity index (χ0) is 41.6. The average Bonchev–Trinajstić information content (AvgIpc) is 3.21. The number of hydrogen-bond donors (Lipinski definition) is 6. The van der Waals surface area contributed by atoms with Crippen molar-refractivity contribution in [1.82, 2.24) is 5.32 Å². The number of aliphatic hydroxyl groups is 5. The van der Waals surface area contributed by atoms with Gasteiger partial charge in [0.15, 0.2) is 6.29 Å². The van der Waals surface area contributed by atoms with Crippen molar-refractivity contribution >= 4 is 5.91 Å². The summed E-state index contributed by atoms with van der Waals surface area (Å²) in [6.45, 7) is 3.75. The van der Waals surface area contributed by atoms with Gasteiger partial charge >= 0.3 is 0 Å². The third kappa shape index (κ3) is 29.3. The van der Waals surface area contributed by atoms with E-state index in [2.05, 4.69) is 43.5 Å². The normalized spacial score (nSPS) is 21.3. The first-order chi connectivity index (χ1) is 27.8. The topological polar surface area (TPSA) is 149 Å². The van der Waals surface area contributed by atoms with Crippen LogP contribution in [-0.2, 0) is 14.3 Å².